The van der Waals surface area contributed by atoms with Crippen LogP contribution >= 0.6 is 11.8 Å². The van der Waals surface area contributed by atoms with Gasteiger partial charge in [-0.05, 0) is 56.7 Å². The van der Waals surface area contributed by atoms with Crippen LogP contribution < -0.4 is 4.74 Å². The minimum atomic E-state index is 0.318. The lowest BCUT2D eigenvalue weighted by Crippen LogP contribution is -2.16. The molecule has 0 aliphatic rings. The van der Waals surface area contributed by atoms with Crippen molar-refractivity contribution >= 4 is 22.7 Å². The molecule has 6 nitrogen and oxygen atoms in total. The molecular formula is C23H26N4O2S. The van der Waals surface area contributed by atoms with Crippen molar-refractivity contribution in [3.63, 3.8) is 0 Å². The number of aromatic amines is 1. The van der Waals surface area contributed by atoms with E-state index >= 15 is 0 Å². The summed E-state index contributed by atoms with van der Waals surface area (Å²) in [5.74, 6) is 3.59. The third kappa shape index (κ3) is 4.86. The Balaban J connectivity index is 1.34. The maximum atomic E-state index is 5.87. The highest BCUT2D eigenvalue weighted by Crippen LogP contribution is 2.27. The second kappa shape index (κ2) is 9.36. The van der Waals surface area contributed by atoms with E-state index in [-0.39, 0.29) is 0 Å². The highest BCUT2D eigenvalue weighted by molar-refractivity contribution is 7.98. The number of ether oxygens (including phenoxy) is 1. The van der Waals surface area contributed by atoms with Gasteiger partial charge in [-0.3, -0.25) is 0 Å². The fourth-order valence-corrected chi connectivity index (χ4v) is 3.75. The summed E-state index contributed by atoms with van der Waals surface area (Å²) in [6.07, 6.45) is 0. The van der Waals surface area contributed by atoms with E-state index in [2.05, 4.69) is 59.3 Å². The predicted octanol–water partition coefficient (Wildman–Crippen LogP) is 5.15. The first-order valence-electron chi connectivity index (χ1n) is 9.97. The van der Waals surface area contributed by atoms with Crippen molar-refractivity contribution in [3.8, 4) is 17.2 Å². The Morgan fingerprint density at radius 2 is 1.93 bits per heavy atom. The van der Waals surface area contributed by atoms with Gasteiger partial charge in [0, 0.05) is 28.6 Å². The van der Waals surface area contributed by atoms with Crippen LogP contribution in [0.3, 0.4) is 0 Å². The van der Waals surface area contributed by atoms with Crippen molar-refractivity contribution in [3.05, 3.63) is 66.2 Å². The van der Waals surface area contributed by atoms with E-state index in [1.165, 1.54) is 11.1 Å². The highest BCUT2D eigenvalue weighted by atomic mass is 32.2. The van der Waals surface area contributed by atoms with Gasteiger partial charge in [-0.1, -0.05) is 24.3 Å². The number of aromatic nitrogens is 3. The first-order valence-corrected chi connectivity index (χ1v) is 11.1. The molecule has 0 bridgehead atoms. The van der Waals surface area contributed by atoms with Crippen LogP contribution in [0.25, 0.3) is 22.4 Å². The zero-order valence-electron chi connectivity index (χ0n) is 17.5. The van der Waals surface area contributed by atoms with Gasteiger partial charge in [-0.15, -0.1) is 22.0 Å². The average molecular weight is 423 g/mol. The van der Waals surface area contributed by atoms with Crippen molar-refractivity contribution in [2.24, 2.45) is 0 Å². The summed E-state index contributed by atoms with van der Waals surface area (Å²) in [4.78, 5) is 5.68. The summed E-state index contributed by atoms with van der Waals surface area (Å²) in [5, 5.41) is 9.59. The van der Waals surface area contributed by atoms with Crippen LogP contribution in [0.2, 0.25) is 0 Å². The van der Waals surface area contributed by atoms with Gasteiger partial charge in [-0.25, -0.2) is 0 Å². The number of nitrogens with one attached hydrogen (secondary N) is 1. The van der Waals surface area contributed by atoms with E-state index in [4.69, 9.17) is 9.15 Å². The molecule has 0 saturated carbocycles. The molecule has 1 N–H and O–H groups in total. The Kier molecular flexibility index (Phi) is 6.40. The zero-order chi connectivity index (χ0) is 20.9. The van der Waals surface area contributed by atoms with Crippen molar-refractivity contribution in [2.45, 2.75) is 18.7 Å². The molecule has 7 heteroatoms. The van der Waals surface area contributed by atoms with Gasteiger partial charge in [0.15, 0.2) is 0 Å². The quantitative estimate of drug-likeness (QED) is 0.376. The first-order chi connectivity index (χ1) is 14.6. The lowest BCUT2D eigenvalue weighted by molar-refractivity contribution is 0.316. The number of hydrogen-bond donors (Lipinski definition) is 1. The van der Waals surface area contributed by atoms with E-state index in [1.54, 1.807) is 11.8 Å². The summed E-state index contributed by atoms with van der Waals surface area (Å²) in [7, 11) is 4.15. The summed E-state index contributed by atoms with van der Waals surface area (Å²) in [6.45, 7) is 2.82. The van der Waals surface area contributed by atoms with E-state index in [0.717, 1.165) is 22.6 Å². The van der Waals surface area contributed by atoms with Gasteiger partial charge in [-0.2, -0.15) is 0 Å². The van der Waals surface area contributed by atoms with Crippen molar-refractivity contribution in [2.75, 3.05) is 26.5 Å². The Labute approximate surface area is 180 Å². The molecule has 0 radical (unpaired) electrons. The molecule has 0 fully saturated rings. The number of thioether (sulfide) groups is 1. The third-order valence-electron chi connectivity index (χ3n) is 5.05. The summed E-state index contributed by atoms with van der Waals surface area (Å²) >= 11 is 1.71. The minimum absolute atomic E-state index is 0.318. The van der Waals surface area contributed by atoms with Gasteiger partial charge in [0.2, 0.25) is 11.8 Å². The highest BCUT2D eigenvalue weighted by Gasteiger charge is 2.13. The van der Waals surface area contributed by atoms with Crippen LogP contribution in [0.15, 0.2) is 59.0 Å². The lowest BCUT2D eigenvalue weighted by Gasteiger charge is -2.17. The van der Waals surface area contributed by atoms with Crippen LogP contribution in [-0.2, 0) is 5.75 Å². The van der Waals surface area contributed by atoms with Crippen LogP contribution in [0.1, 0.15) is 24.6 Å². The molecule has 1 atom stereocenters. The zero-order valence-corrected chi connectivity index (χ0v) is 18.3. The molecule has 0 aliphatic heterocycles. The number of nitrogens with zero attached hydrogens (tertiary/aromatic N) is 3. The van der Waals surface area contributed by atoms with Crippen molar-refractivity contribution in [1.29, 1.82) is 0 Å². The van der Waals surface area contributed by atoms with Crippen LogP contribution in [-0.4, -0.2) is 46.5 Å². The molecule has 4 rings (SSSR count). The van der Waals surface area contributed by atoms with Crippen molar-refractivity contribution < 1.29 is 9.15 Å². The number of H-pyrrole nitrogens is 1. The number of hydrogen-bond acceptors (Lipinski definition) is 6. The fourth-order valence-electron chi connectivity index (χ4n) is 3.11. The number of benzene rings is 2. The van der Waals surface area contributed by atoms with E-state index in [9.17, 15) is 0 Å². The Bertz CT molecular complexity index is 1090. The largest absolute Gasteiger partial charge is 0.493 e. The van der Waals surface area contributed by atoms with E-state index in [0.29, 0.717) is 30.2 Å². The van der Waals surface area contributed by atoms with Gasteiger partial charge in [0.25, 0.3) is 0 Å². The molecule has 2 aromatic heterocycles. The van der Waals surface area contributed by atoms with Gasteiger partial charge in [0.1, 0.15) is 5.75 Å². The van der Waals surface area contributed by atoms with Crippen LogP contribution in [0.4, 0.5) is 0 Å². The second-order valence-electron chi connectivity index (χ2n) is 7.38. The minimum Gasteiger partial charge on any atom is -0.493 e. The lowest BCUT2D eigenvalue weighted by atomic mass is 10.1. The first kappa shape index (κ1) is 20.5. The number of para-hydroxylation sites is 1. The van der Waals surface area contributed by atoms with E-state index < -0.39 is 0 Å². The molecule has 156 valence electrons. The Morgan fingerprint density at radius 1 is 1.10 bits per heavy atom. The van der Waals surface area contributed by atoms with Crippen LogP contribution in [0, 0.1) is 0 Å². The smallest absolute Gasteiger partial charge is 0.247 e. The van der Waals surface area contributed by atoms with E-state index in [1.807, 2.05) is 36.4 Å². The van der Waals surface area contributed by atoms with Gasteiger partial charge >= 0.3 is 0 Å². The molecule has 0 spiro atoms. The third-order valence-corrected chi connectivity index (χ3v) is 5.95. The summed E-state index contributed by atoms with van der Waals surface area (Å²) in [5.41, 5.74) is 3.18. The van der Waals surface area contributed by atoms with Gasteiger partial charge < -0.3 is 19.0 Å². The summed E-state index contributed by atoms with van der Waals surface area (Å²) < 4.78 is 11.6. The topological polar surface area (TPSA) is 67.2 Å². The maximum absolute atomic E-state index is 5.87. The average Bonchev–Trinajstić information content (AvgIpc) is 3.40. The molecule has 0 aliphatic carbocycles. The molecule has 30 heavy (non-hydrogen) atoms. The molecule has 1 unspecified atom stereocenters. The fraction of sp³-hybridized carbons (Fsp3) is 0.304. The molecule has 0 amide bonds. The number of fused-ring (bicyclic) bond motifs is 1. The maximum Gasteiger partial charge on any atom is 0.247 e. The molecule has 2 heterocycles. The monoisotopic (exact) mass is 422 g/mol. The standard InChI is InChI=1S/C23H26N4O2S/c1-16(27(2)3)20-13-17-9-10-18(14-21(17)24-20)23-26-25-22(29-23)15-30-12-11-28-19-7-5-4-6-8-19/h4-10,13-14,16,24H,11-12,15H2,1-3H3. The predicted molar refractivity (Wildman–Crippen MR) is 122 cm³/mol. The second-order valence-corrected chi connectivity index (χ2v) is 8.49. The molecular weight excluding hydrogens is 396 g/mol. The van der Waals surface area contributed by atoms with Crippen LogP contribution in [0.5, 0.6) is 5.75 Å². The van der Waals surface area contributed by atoms with Gasteiger partial charge in [0.05, 0.1) is 12.4 Å². The normalized spacial score (nSPS) is 12.5. The summed E-state index contributed by atoms with van der Waals surface area (Å²) in [6, 6.07) is 18.5. The molecule has 4 aromatic rings. The number of rotatable bonds is 9. The Morgan fingerprint density at radius 3 is 2.73 bits per heavy atom. The van der Waals surface area contributed by atoms with Crippen molar-refractivity contribution in [1.82, 2.24) is 20.1 Å². The molecule has 2 aromatic carbocycles. The Hall–Kier alpha value is -2.77. The SMILES string of the molecule is CC(c1cc2ccc(-c3nnc(CSCCOc4ccccc4)o3)cc2[nH]1)N(C)C. The molecule has 0 saturated heterocycles.